The van der Waals surface area contributed by atoms with Crippen molar-refractivity contribution in [2.24, 2.45) is 5.73 Å². The summed E-state index contributed by atoms with van der Waals surface area (Å²) in [6.45, 7) is 1.82. The van der Waals surface area contributed by atoms with Gasteiger partial charge in [0.2, 0.25) is 5.91 Å². The highest BCUT2D eigenvalue weighted by atomic mass is 16.4. The van der Waals surface area contributed by atoms with E-state index in [-0.39, 0.29) is 6.04 Å². The zero-order chi connectivity index (χ0) is 11.4. The molecular weight excluding hydrogens is 198 g/mol. The number of amides is 1. The van der Waals surface area contributed by atoms with Gasteiger partial charge in [0.05, 0.1) is 0 Å². The number of rotatable bonds is 3. The summed E-state index contributed by atoms with van der Waals surface area (Å²) in [6.07, 6.45) is 1.68. The van der Waals surface area contributed by atoms with E-state index >= 15 is 0 Å². The molecule has 0 radical (unpaired) electrons. The van der Waals surface area contributed by atoms with Gasteiger partial charge in [-0.15, -0.1) is 0 Å². The molecule has 4 N–H and O–H groups in total. The van der Waals surface area contributed by atoms with Gasteiger partial charge in [0.25, 0.3) is 0 Å². The largest absolute Gasteiger partial charge is 0.480 e. The third-order valence-electron chi connectivity index (χ3n) is 2.61. The van der Waals surface area contributed by atoms with E-state index in [9.17, 15) is 9.59 Å². The third kappa shape index (κ3) is 3.49. The highest BCUT2D eigenvalue weighted by molar-refractivity contribution is 6.00. The van der Waals surface area contributed by atoms with Crippen LogP contribution in [-0.4, -0.2) is 54.1 Å². The molecule has 6 heteroatoms. The summed E-state index contributed by atoms with van der Waals surface area (Å²) in [5.74, 6) is -1.89. The molecule has 0 aromatic rings. The summed E-state index contributed by atoms with van der Waals surface area (Å²) < 4.78 is 0. The van der Waals surface area contributed by atoms with Crippen LogP contribution in [0.3, 0.4) is 0 Å². The highest BCUT2D eigenvalue weighted by Gasteiger charge is 2.25. The van der Waals surface area contributed by atoms with Crippen molar-refractivity contribution >= 4 is 11.9 Å². The Morgan fingerprint density at radius 2 is 2.00 bits per heavy atom. The van der Waals surface area contributed by atoms with Crippen molar-refractivity contribution in [1.29, 1.82) is 0 Å². The molecule has 1 aliphatic rings. The van der Waals surface area contributed by atoms with E-state index in [4.69, 9.17) is 10.8 Å². The third-order valence-corrected chi connectivity index (χ3v) is 2.61. The van der Waals surface area contributed by atoms with E-state index < -0.39 is 17.9 Å². The number of carbonyl (C=O) groups is 2. The Balaban J connectivity index is 2.35. The standard InChI is InChI=1S/C9H17N3O3/c1-12-4-2-6(3-5-12)11-8(13)7(10)9(14)15/h6-7H,2-5,10H2,1H3,(H,11,13)(H,14,15). The molecule has 86 valence electrons. The molecule has 1 unspecified atom stereocenters. The number of nitrogens with one attached hydrogen (secondary N) is 1. The number of piperidine rings is 1. The van der Waals surface area contributed by atoms with Gasteiger partial charge in [0.1, 0.15) is 0 Å². The molecule has 1 fully saturated rings. The first-order valence-corrected chi connectivity index (χ1v) is 4.98. The fraction of sp³-hybridized carbons (Fsp3) is 0.778. The molecule has 0 aromatic heterocycles. The lowest BCUT2D eigenvalue weighted by Gasteiger charge is -2.29. The number of aliphatic carboxylic acids is 1. The lowest BCUT2D eigenvalue weighted by Crippen LogP contribution is -2.51. The number of likely N-dealkylation sites (tertiary alicyclic amines) is 1. The summed E-state index contributed by atoms with van der Waals surface area (Å²) in [6, 6.07) is -1.40. The van der Waals surface area contributed by atoms with Crippen molar-refractivity contribution in [2.45, 2.75) is 24.9 Å². The van der Waals surface area contributed by atoms with E-state index in [0.29, 0.717) is 0 Å². The smallest absolute Gasteiger partial charge is 0.330 e. The second-order valence-corrected chi connectivity index (χ2v) is 3.90. The average molecular weight is 215 g/mol. The van der Waals surface area contributed by atoms with Gasteiger partial charge in [0.15, 0.2) is 6.04 Å². The predicted molar refractivity (Wildman–Crippen MR) is 54.3 cm³/mol. The maximum Gasteiger partial charge on any atom is 0.330 e. The number of nitrogens with zero attached hydrogens (tertiary/aromatic N) is 1. The van der Waals surface area contributed by atoms with Gasteiger partial charge in [-0.25, -0.2) is 4.79 Å². The Kier molecular flexibility index (Phi) is 4.05. The number of carboxylic acids is 1. The van der Waals surface area contributed by atoms with Crippen LogP contribution in [0.15, 0.2) is 0 Å². The Morgan fingerprint density at radius 1 is 1.47 bits per heavy atom. The maximum atomic E-state index is 11.3. The number of hydrogen-bond donors (Lipinski definition) is 3. The molecular formula is C9H17N3O3. The maximum absolute atomic E-state index is 11.3. The second kappa shape index (κ2) is 5.09. The average Bonchev–Trinajstić information content (AvgIpc) is 2.20. The van der Waals surface area contributed by atoms with Crippen LogP contribution in [0, 0.1) is 0 Å². The Morgan fingerprint density at radius 3 is 2.47 bits per heavy atom. The monoisotopic (exact) mass is 215 g/mol. The minimum Gasteiger partial charge on any atom is -0.480 e. The van der Waals surface area contributed by atoms with Crippen molar-refractivity contribution in [3.05, 3.63) is 0 Å². The zero-order valence-electron chi connectivity index (χ0n) is 8.77. The van der Waals surface area contributed by atoms with Gasteiger partial charge < -0.3 is 21.1 Å². The first-order chi connectivity index (χ1) is 7.00. The molecule has 0 bridgehead atoms. The van der Waals surface area contributed by atoms with Crippen LogP contribution < -0.4 is 11.1 Å². The van der Waals surface area contributed by atoms with Gasteiger partial charge in [-0.05, 0) is 33.0 Å². The number of carboxylic acid groups (broad SMARTS) is 1. The normalized spacial score (nSPS) is 20.9. The van der Waals surface area contributed by atoms with Gasteiger partial charge in [-0.1, -0.05) is 0 Å². The minimum atomic E-state index is -1.45. The predicted octanol–water partition coefficient (Wildman–Crippen LogP) is -1.39. The molecule has 0 aromatic carbocycles. The van der Waals surface area contributed by atoms with Gasteiger partial charge in [-0.3, -0.25) is 4.79 Å². The van der Waals surface area contributed by atoms with Crippen LogP contribution in [0.5, 0.6) is 0 Å². The van der Waals surface area contributed by atoms with Gasteiger partial charge >= 0.3 is 5.97 Å². The lowest BCUT2D eigenvalue weighted by molar-refractivity contribution is -0.143. The zero-order valence-corrected chi connectivity index (χ0v) is 8.77. The van der Waals surface area contributed by atoms with Crippen LogP contribution in [0.1, 0.15) is 12.8 Å². The molecule has 6 nitrogen and oxygen atoms in total. The molecule has 15 heavy (non-hydrogen) atoms. The van der Waals surface area contributed by atoms with Crippen LogP contribution >= 0.6 is 0 Å². The molecule has 0 saturated carbocycles. The van der Waals surface area contributed by atoms with Crippen molar-refractivity contribution in [2.75, 3.05) is 20.1 Å². The minimum absolute atomic E-state index is 0.0547. The van der Waals surface area contributed by atoms with E-state index in [2.05, 4.69) is 10.2 Å². The van der Waals surface area contributed by atoms with E-state index in [1.54, 1.807) is 0 Å². The Hall–Kier alpha value is -1.14. The molecule has 0 spiro atoms. The van der Waals surface area contributed by atoms with E-state index in [0.717, 1.165) is 25.9 Å². The summed E-state index contributed by atoms with van der Waals surface area (Å²) in [5, 5.41) is 11.2. The lowest BCUT2D eigenvalue weighted by atomic mass is 10.1. The molecule has 1 atom stereocenters. The van der Waals surface area contributed by atoms with Crippen molar-refractivity contribution < 1.29 is 14.7 Å². The fourth-order valence-electron chi connectivity index (χ4n) is 1.56. The summed E-state index contributed by atoms with van der Waals surface area (Å²) >= 11 is 0. The Bertz CT molecular complexity index is 249. The summed E-state index contributed by atoms with van der Waals surface area (Å²) in [5.41, 5.74) is 5.18. The highest BCUT2D eigenvalue weighted by Crippen LogP contribution is 2.07. The SMILES string of the molecule is CN1CCC(NC(=O)C(N)C(=O)O)CC1. The number of nitrogens with two attached hydrogens (primary N) is 1. The van der Waals surface area contributed by atoms with E-state index in [1.807, 2.05) is 7.05 Å². The van der Waals surface area contributed by atoms with Crippen LogP contribution in [0.4, 0.5) is 0 Å². The molecule has 1 rings (SSSR count). The molecule has 1 saturated heterocycles. The number of carbonyl (C=O) groups excluding carboxylic acids is 1. The van der Waals surface area contributed by atoms with Crippen molar-refractivity contribution in [1.82, 2.24) is 10.2 Å². The first kappa shape index (κ1) is 11.9. The van der Waals surface area contributed by atoms with Gasteiger partial charge in [-0.2, -0.15) is 0 Å². The molecule has 1 aliphatic heterocycles. The van der Waals surface area contributed by atoms with Crippen LogP contribution in [0.2, 0.25) is 0 Å². The first-order valence-electron chi connectivity index (χ1n) is 4.98. The van der Waals surface area contributed by atoms with Crippen LogP contribution in [-0.2, 0) is 9.59 Å². The molecule has 1 amide bonds. The fourth-order valence-corrected chi connectivity index (χ4v) is 1.56. The molecule has 0 aliphatic carbocycles. The van der Waals surface area contributed by atoms with Crippen LogP contribution in [0.25, 0.3) is 0 Å². The quantitative estimate of drug-likeness (QED) is 0.504. The summed E-state index contributed by atoms with van der Waals surface area (Å²) in [7, 11) is 2.01. The topological polar surface area (TPSA) is 95.7 Å². The number of hydrogen-bond acceptors (Lipinski definition) is 4. The second-order valence-electron chi connectivity index (χ2n) is 3.90. The summed E-state index contributed by atoms with van der Waals surface area (Å²) in [4.78, 5) is 23.9. The van der Waals surface area contributed by atoms with E-state index in [1.165, 1.54) is 0 Å². The van der Waals surface area contributed by atoms with Crippen molar-refractivity contribution in [3.8, 4) is 0 Å². The van der Waals surface area contributed by atoms with Crippen molar-refractivity contribution in [3.63, 3.8) is 0 Å². The van der Waals surface area contributed by atoms with Gasteiger partial charge in [0, 0.05) is 6.04 Å². The molecule has 1 heterocycles. The Labute approximate surface area is 88.4 Å².